The van der Waals surface area contributed by atoms with Crippen molar-refractivity contribution in [2.45, 2.75) is 44.2 Å². The Morgan fingerprint density at radius 2 is 2.26 bits per heavy atom. The van der Waals surface area contributed by atoms with E-state index in [1.807, 2.05) is 12.4 Å². The summed E-state index contributed by atoms with van der Waals surface area (Å²) in [5, 5.41) is 3.53. The molecule has 0 saturated heterocycles. The maximum atomic E-state index is 4.59. The first-order valence-electron chi connectivity index (χ1n) is 7.33. The summed E-state index contributed by atoms with van der Waals surface area (Å²) >= 11 is 0. The minimum atomic E-state index is 0.172. The van der Waals surface area contributed by atoms with Gasteiger partial charge in [0.05, 0.1) is 6.04 Å². The molecule has 0 radical (unpaired) electrons. The van der Waals surface area contributed by atoms with Crippen LogP contribution in [0.4, 0.5) is 0 Å². The van der Waals surface area contributed by atoms with Gasteiger partial charge in [-0.1, -0.05) is 19.8 Å². The number of aryl methyl sites for hydroxylation is 1. The van der Waals surface area contributed by atoms with Crippen LogP contribution in [-0.4, -0.2) is 41.1 Å². The van der Waals surface area contributed by atoms with Gasteiger partial charge in [0.25, 0.3) is 0 Å². The fourth-order valence-electron chi connectivity index (χ4n) is 3.78. The van der Waals surface area contributed by atoms with Crippen molar-refractivity contribution in [1.29, 1.82) is 0 Å². The molecule has 0 aliphatic heterocycles. The molecule has 0 aromatic carbocycles. The molecule has 19 heavy (non-hydrogen) atoms. The zero-order valence-corrected chi connectivity index (χ0v) is 13.0. The average molecular weight is 264 g/mol. The molecule has 1 aromatic heterocycles. The number of hydrogen-bond acceptors (Lipinski definition) is 3. The zero-order chi connectivity index (χ0) is 14.0. The summed E-state index contributed by atoms with van der Waals surface area (Å²) in [6, 6.07) is 0.283. The van der Waals surface area contributed by atoms with E-state index in [1.165, 1.54) is 25.7 Å². The molecule has 1 N–H and O–H groups in total. The maximum Gasteiger partial charge on any atom is 0.127 e. The van der Waals surface area contributed by atoms with E-state index in [2.05, 4.69) is 54.9 Å². The third kappa shape index (κ3) is 2.56. The molecule has 3 atom stereocenters. The summed E-state index contributed by atoms with van der Waals surface area (Å²) in [5.41, 5.74) is 0.172. The highest BCUT2D eigenvalue weighted by atomic mass is 15.2. The van der Waals surface area contributed by atoms with Gasteiger partial charge in [-0.2, -0.15) is 0 Å². The normalized spacial score (nSPS) is 29.7. The Morgan fingerprint density at radius 3 is 2.74 bits per heavy atom. The summed E-state index contributed by atoms with van der Waals surface area (Å²) < 4.78 is 2.14. The molecular formula is C15H28N4. The van der Waals surface area contributed by atoms with E-state index in [0.717, 1.165) is 11.7 Å². The Kier molecular flexibility index (Phi) is 4.31. The highest BCUT2D eigenvalue weighted by Crippen LogP contribution is 2.43. The van der Waals surface area contributed by atoms with E-state index in [4.69, 9.17) is 0 Å². The van der Waals surface area contributed by atoms with E-state index >= 15 is 0 Å². The van der Waals surface area contributed by atoms with Crippen molar-refractivity contribution in [3.05, 3.63) is 18.2 Å². The summed E-state index contributed by atoms with van der Waals surface area (Å²) in [6.45, 7) is 2.38. The number of aromatic nitrogens is 2. The highest BCUT2D eigenvalue weighted by Gasteiger charge is 2.45. The number of likely N-dealkylation sites (N-methyl/N-ethyl adjacent to an activating group) is 2. The van der Waals surface area contributed by atoms with Gasteiger partial charge in [-0.3, -0.25) is 0 Å². The van der Waals surface area contributed by atoms with Gasteiger partial charge in [-0.15, -0.1) is 0 Å². The molecular weight excluding hydrogens is 236 g/mol. The third-order valence-electron chi connectivity index (χ3n) is 4.84. The fourth-order valence-corrected chi connectivity index (χ4v) is 3.78. The summed E-state index contributed by atoms with van der Waals surface area (Å²) in [5.74, 6) is 1.93. The highest BCUT2D eigenvalue weighted by molar-refractivity contribution is 5.11. The van der Waals surface area contributed by atoms with Gasteiger partial charge in [0, 0.05) is 25.0 Å². The van der Waals surface area contributed by atoms with E-state index < -0.39 is 0 Å². The van der Waals surface area contributed by atoms with Crippen LogP contribution in [0.15, 0.2) is 12.4 Å². The van der Waals surface area contributed by atoms with Gasteiger partial charge in [0.1, 0.15) is 5.82 Å². The lowest BCUT2D eigenvalue weighted by Crippen LogP contribution is -2.56. The monoisotopic (exact) mass is 264 g/mol. The fraction of sp³-hybridized carbons (Fsp3) is 0.800. The first-order valence-corrected chi connectivity index (χ1v) is 7.33. The largest absolute Gasteiger partial charge is 0.337 e. The molecule has 1 aliphatic carbocycles. The Bertz CT molecular complexity index is 412. The molecule has 1 saturated carbocycles. The van der Waals surface area contributed by atoms with Crippen LogP contribution in [0.2, 0.25) is 0 Å². The van der Waals surface area contributed by atoms with Gasteiger partial charge < -0.3 is 14.8 Å². The molecule has 0 spiro atoms. The minimum absolute atomic E-state index is 0.172. The number of imidazole rings is 1. The average Bonchev–Trinajstić information content (AvgIpc) is 2.76. The lowest BCUT2D eigenvalue weighted by atomic mass is 9.71. The first kappa shape index (κ1) is 14.5. The third-order valence-corrected chi connectivity index (χ3v) is 4.84. The van der Waals surface area contributed by atoms with Gasteiger partial charge in [0.2, 0.25) is 0 Å². The number of hydrogen-bond donors (Lipinski definition) is 1. The van der Waals surface area contributed by atoms with Crippen LogP contribution in [-0.2, 0) is 7.05 Å². The molecule has 2 rings (SSSR count). The lowest BCUT2D eigenvalue weighted by molar-refractivity contribution is 0.0355. The van der Waals surface area contributed by atoms with Crippen LogP contribution in [0.3, 0.4) is 0 Å². The van der Waals surface area contributed by atoms with Crippen LogP contribution in [0, 0.1) is 5.92 Å². The maximum absolute atomic E-state index is 4.59. The number of nitrogens with zero attached hydrogens (tertiary/aromatic N) is 3. The second kappa shape index (κ2) is 5.63. The van der Waals surface area contributed by atoms with Crippen LogP contribution in [0.1, 0.15) is 44.5 Å². The summed E-state index contributed by atoms with van der Waals surface area (Å²) in [7, 11) is 8.57. The Labute approximate surface area is 117 Å². The molecule has 4 nitrogen and oxygen atoms in total. The quantitative estimate of drug-likeness (QED) is 0.905. The van der Waals surface area contributed by atoms with Crippen LogP contribution in [0.5, 0.6) is 0 Å². The Balaban J connectivity index is 2.39. The van der Waals surface area contributed by atoms with Crippen LogP contribution < -0.4 is 5.32 Å². The van der Waals surface area contributed by atoms with Crippen molar-refractivity contribution in [3.8, 4) is 0 Å². The Morgan fingerprint density at radius 1 is 1.53 bits per heavy atom. The zero-order valence-electron chi connectivity index (χ0n) is 13.0. The van der Waals surface area contributed by atoms with Gasteiger partial charge in [-0.25, -0.2) is 4.98 Å². The predicted octanol–water partition coefficient (Wildman–Crippen LogP) is 2.19. The molecule has 1 aliphatic rings. The molecule has 108 valence electrons. The van der Waals surface area contributed by atoms with Gasteiger partial charge in [-0.05, 0) is 39.9 Å². The van der Waals surface area contributed by atoms with Gasteiger partial charge in [0.15, 0.2) is 0 Å². The number of rotatable bonds is 4. The molecule has 1 aromatic rings. The van der Waals surface area contributed by atoms with Crippen LogP contribution in [0.25, 0.3) is 0 Å². The van der Waals surface area contributed by atoms with Gasteiger partial charge >= 0.3 is 0 Å². The van der Waals surface area contributed by atoms with Crippen molar-refractivity contribution in [2.24, 2.45) is 13.0 Å². The van der Waals surface area contributed by atoms with E-state index in [0.29, 0.717) is 0 Å². The van der Waals surface area contributed by atoms with Crippen molar-refractivity contribution in [2.75, 3.05) is 21.1 Å². The minimum Gasteiger partial charge on any atom is -0.337 e. The molecule has 4 heteroatoms. The van der Waals surface area contributed by atoms with Crippen molar-refractivity contribution >= 4 is 0 Å². The summed E-state index contributed by atoms with van der Waals surface area (Å²) in [4.78, 5) is 7.00. The predicted molar refractivity (Wildman–Crippen MR) is 79.1 cm³/mol. The second-order valence-corrected chi connectivity index (χ2v) is 6.32. The number of nitrogens with one attached hydrogen (secondary N) is 1. The van der Waals surface area contributed by atoms with E-state index in [1.54, 1.807) is 0 Å². The smallest absolute Gasteiger partial charge is 0.127 e. The topological polar surface area (TPSA) is 33.1 Å². The second-order valence-electron chi connectivity index (χ2n) is 6.32. The van der Waals surface area contributed by atoms with Crippen LogP contribution >= 0.6 is 0 Å². The lowest BCUT2D eigenvalue weighted by Gasteiger charge is -2.49. The molecule has 0 bridgehead atoms. The summed E-state index contributed by atoms with van der Waals surface area (Å²) in [6.07, 6.45) is 9.07. The Hall–Kier alpha value is -0.870. The molecule has 1 heterocycles. The van der Waals surface area contributed by atoms with E-state index in [9.17, 15) is 0 Å². The molecule has 3 unspecified atom stereocenters. The standard InChI is InChI=1S/C15H28N4/c1-12-7-6-8-15(11-12,18(3)4)13(16-2)14-17-9-10-19(14)5/h9-10,12-13,16H,6-8,11H2,1-5H3. The molecule has 0 amide bonds. The molecule has 1 fully saturated rings. The van der Waals surface area contributed by atoms with Crippen molar-refractivity contribution < 1.29 is 0 Å². The van der Waals surface area contributed by atoms with Crippen molar-refractivity contribution in [1.82, 2.24) is 19.8 Å². The van der Waals surface area contributed by atoms with E-state index in [-0.39, 0.29) is 11.6 Å². The first-order chi connectivity index (χ1) is 9.01. The van der Waals surface area contributed by atoms with Crippen molar-refractivity contribution in [3.63, 3.8) is 0 Å². The SMILES string of the molecule is CNC(c1nccn1C)C1(N(C)C)CCCC(C)C1.